The molecule has 0 saturated carbocycles. The van der Waals surface area contributed by atoms with Crippen LogP contribution in [-0.4, -0.2) is 16.6 Å². The van der Waals surface area contributed by atoms with E-state index in [0.717, 1.165) is 5.56 Å². The molecule has 0 amide bonds. The minimum Gasteiger partial charge on any atom is -0.299 e. The molecule has 0 spiro atoms. The number of nitrogens with zero attached hydrogens (tertiary/aromatic N) is 1. The Kier molecular flexibility index (Phi) is 4.77. The van der Waals surface area contributed by atoms with Crippen molar-refractivity contribution in [3.63, 3.8) is 0 Å². The number of carbonyl (C=O) groups is 2. The van der Waals surface area contributed by atoms with E-state index in [9.17, 15) is 9.59 Å². The van der Waals surface area contributed by atoms with Gasteiger partial charge >= 0.3 is 0 Å². The summed E-state index contributed by atoms with van der Waals surface area (Å²) in [5.41, 5.74) is 1.51. The first kappa shape index (κ1) is 14.1. The van der Waals surface area contributed by atoms with E-state index in [0.29, 0.717) is 12.0 Å². The second kappa shape index (κ2) is 6.75. The van der Waals surface area contributed by atoms with Gasteiger partial charge in [0, 0.05) is 36.7 Å². The van der Waals surface area contributed by atoms with Crippen LogP contribution in [0.3, 0.4) is 0 Å². The third-order valence-corrected chi connectivity index (χ3v) is 3.33. The summed E-state index contributed by atoms with van der Waals surface area (Å²) in [6, 6.07) is 12.9. The Hall–Kier alpha value is -2.29. The summed E-state index contributed by atoms with van der Waals surface area (Å²) in [6.45, 7) is 1.83. The molecule has 0 radical (unpaired) electrons. The van der Waals surface area contributed by atoms with Crippen LogP contribution in [0.5, 0.6) is 0 Å². The minimum atomic E-state index is -0.359. The van der Waals surface area contributed by atoms with E-state index in [4.69, 9.17) is 0 Å². The number of carbonyl (C=O) groups excluding carboxylic acids is 2. The molecule has 20 heavy (non-hydrogen) atoms. The van der Waals surface area contributed by atoms with Gasteiger partial charge in [-0.2, -0.15) is 0 Å². The fraction of sp³-hybridized carbons (Fsp3) is 0.235. The van der Waals surface area contributed by atoms with Crippen LogP contribution in [0.4, 0.5) is 0 Å². The lowest BCUT2D eigenvalue weighted by molar-refractivity contribution is -0.120. The molecule has 0 saturated heterocycles. The van der Waals surface area contributed by atoms with Gasteiger partial charge in [-0.05, 0) is 17.7 Å². The summed E-state index contributed by atoms with van der Waals surface area (Å²) in [7, 11) is 0. The Bertz CT molecular complexity index is 578. The maximum atomic E-state index is 12.3. The highest BCUT2D eigenvalue weighted by Gasteiger charge is 2.22. The molecule has 0 N–H and O–H groups in total. The van der Waals surface area contributed by atoms with Crippen molar-refractivity contribution in [3.05, 3.63) is 66.0 Å². The van der Waals surface area contributed by atoms with Crippen molar-refractivity contribution in [2.75, 3.05) is 0 Å². The van der Waals surface area contributed by atoms with Crippen LogP contribution in [-0.2, 0) is 4.79 Å². The molecule has 0 fully saturated rings. The summed E-state index contributed by atoms with van der Waals surface area (Å²) < 4.78 is 0. The number of ketones is 2. The van der Waals surface area contributed by atoms with Crippen LogP contribution in [0.25, 0.3) is 0 Å². The van der Waals surface area contributed by atoms with Gasteiger partial charge in [0.2, 0.25) is 0 Å². The van der Waals surface area contributed by atoms with E-state index >= 15 is 0 Å². The smallest absolute Gasteiger partial charge is 0.164 e. The highest BCUT2D eigenvalue weighted by Crippen LogP contribution is 2.24. The van der Waals surface area contributed by atoms with E-state index < -0.39 is 0 Å². The Morgan fingerprint density at radius 2 is 1.70 bits per heavy atom. The SMILES string of the molecule is CCC(=O)C(CC(=O)c1ccncc1)c1ccccc1. The van der Waals surface area contributed by atoms with Gasteiger partial charge in [-0.3, -0.25) is 14.6 Å². The Labute approximate surface area is 118 Å². The number of pyridine rings is 1. The maximum absolute atomic E-state index is 12.3. The monoisotopic (exact) mass is 267 g/mol. The third kappa shape index (κ3) is 3.38. The first-order valence-electron chi connectivity index (χ1n) is 6.73. The van der Waals surface area contributed by atoms with E-state index in [1.54, 1.807) is 24.5 Å². The first-order valence-corrected chi connectivity index (χ1v) is 6.73. The highest BCUT2D eigenvalue weighted by molar-refractivity contribution is 6.00. The summed E-state index contributed by atoms with van der Waals surface area (Å²) in [6.07, 6.45) is 3.82. The van der Waals surface area contributed by atoms with E-state index in [1.165, 1.54) is 0 Å². The molecule has 0 bridgehead atoms. The van der Waals surface area contributed by atoms with Gasteiger partial charge in [-0.1, -0.05) is 37.3 Å². The fourth-order valence-corrected chi connectivity index (χ4v) is 2.19. The normalized spacial score (nSPS) is 11.8. The summed E-state index contributed by atoms with van der Waals surface area (Å²) >= 11 is 0. The van der Waals surface area contributed by atoms with Gasteiger partial charge in [0.05, 0.1) is 0 Å². The van der Waals surface area contributed by atoms with Crippen LogP contribution in [0.15, 0.2) is 54.9 Å². The average Bonchev–Trinajstić information content (AvgIpc) is 2.53. The molecule has 3 nitrogen and oxygen atoms in total. The number of benzene rings is 1. The van der Waals surface area contributed by atoms with Crippen LogP contribution in [0.1, 0.15) is 41.6 Å². The second-order valence-corrected chi connectivity index (χ2v) is 4.65. The lowest BCUT2D eigenvalue weighted by atomic mass is 9.87. The summed E-state index contributed by atoms with van der Waals surface area (Å²) in [5.74, 6) is -0.288. The zero-order valence-electron chi connectivity index (χ0n) is 11.5. The highest BCUT2D eigenvalue weighted by atomic mass is 16.1. The van der Waals surface area contributed by atoms with Gasteiger partial charge in [-0.15, -0.1) is 0 Å². The lowest BCUT2D eigenvalue weighted by Crippen LogP contribution is -2.16. The Morgan fingerprint density at radius 1 is 1.05 bits per heavy atom. The molecule has 102 valence electrons. The Balaban J connectivity index is 2.21. The van der Waals surface area contributed by atoms with Crippen molar-refractivity contribution in [1.29, 1.82) is 0 Å². The zero-order valence-corrected chi connectivity index (χ0v) is 11.5. The van der Waals surface area contributed by atoms with Crippen molar-refractivity contribution in [1.82, 2.24) is 4.98 Å². The van der Waals surface area contributed by atoms with Crippen molar-refractivity contribution >= 4 is 11.6 Å². The van der Waals surface area contributed by atoms with Crippen molar-refractivity contribution in [2.45, 2.75) is 25.7 Å². The summed E-state index contributed by atoms with van der Waals surface area (Å²) in [5, 5.41) is 0. The van der Waals surface area contributed by atoms with Gasteiger partial charge in [0.1, 0.15) is 5.78 Å². The number of hydrogen-bond donors (Lipinski definition) is 0. The molecule has 3 heteroatoms. The molecule has 1 unspecified atom stereocenters. The number of aromatic nitrogens is 1. The van der Waals surface area contributed by atoms with Gasteiger partial charge < -0.3 is 0 Å². The molecular weight excluding hydrogens is 250 g/mol. The molecule has 2 rings (SSSR count). The topological polar surface area (TPSA) is 47.0 Å². The zero-order chi connectivity index (χ0) is 14.4. The predicted molar refractivity (Wildman–Crippen MR) is 77.7 cm³/mol. The van der Waals surface area contributed by atoms with Gasteiger partial charge in [-0.25, -0.2) is 0 Å². The van der Waals surface area contributed by atoms with E-state index in [-0.39, 0.29) is 23.9 Å². The van der Waals surface area contributed by atoms with Crippen LogP contribution >= 0.6 is 0 Å². The molecule has 0 aliphatic rings. The van der Waals surface area contributed by atoms with E-state index in [1.807, 2.05) is 37.3 Å². The quantitative estimate of drug-likeness (QED) is 0.753. The molecule has 0 aliphatic carbocycles. The van der Waals surface area contributed by atoms with Gasteiger partial charge in [0.15, 0.2) is 5.78 Å². The number of hydrogen-bond acceptors (Lipinski definition) is 3. The van der Waals surface area contributed by atoms with Crippen molar-refractivity contribution < 1.29 is 9.59 Å². The van der Waals surface area contributed by atoms with Crippen LogP contribution in [0, 0.1) is 0 Å². The second-order valence-electron chi connectivity index (χ2n) is 4.65. The molecular formula is C17H17NO2. The molecule has 1 aromatic carbocycles. The van der Waals surface area contributed by atoms with Crippen molar-refractivity contribution in [3.8, 4) is 0 Å². The maximum Gasteiger partial charge on any atom is 0.164 e. The van der Waals surface area contributed by atoms with Crippen molar-refractivity contribution in [2.24, 2.45) is 0 Å². The lowest BCUT2D eigenvalue weighted by Gasteiger charge is -2.14. The van der Waals surface area contributed by atoms with Crippen LogP contribution in [0.2, 0.25) is 0 Å². The summed E-state index contributed by atoms with van der Waals surface area (Å²) in [4.78, 5) is 28.3. The first-order chi connectivity index (χ1) is 9.72. The van der Waals surface area contributed by atoms with E-state index in [2.05, 4.69) is 4.98 Å². The largest absolute Gasteiger partial charge is 0.299 e. The Morgan fingerprint density at radius 3 is 2.30 bits per heavy atom. The molecule has 1 aromatic heterocycles. The molecule has 1 heterocycles. The minimum absolute atomic E-state index is 0.0250. The average molecular weight is 267 g/mol. The standard InChI is InChI=1S/C17H17NO2/c1-2-16(19)15(13-6-4-3-5-7-13)12-17(20)14-8-10-18-11-9-14/h3-11,15H,2,12H2,1H3. The molecule has 2 aromatic rings. The number of Topliss-reactive ketones (excluding diaryl/α,β-unsaturated/α-hetero) is 2. The molecule has 1 atom stereocenters. The predicted octanol–water partition coefficient (Wildman–Crippen LogP) is 3.42. The van der Waals surface area contributed by atoms with Crippen LogP contribution < -0.4 is 0 Å². The molecule has 0 aliphatic heterocycles. The number of rotatable bonds is 6. The third-order valence-electron chi connectivity index (χ3n) is 3.33. The van der Waals surface area contributed by atoms with Gasteiger partial charge in [0.25, 0.3) is 0 Å². The fourth-order valence-electron chi connectivity index (χ4n) is 2.19.